The Morgan fingerprint density at radius 3 is 3.05 bits per heavy atom. The van der Waals surface area contributed by atoms with Gasteiger partial charge in [0.15, 0.2) is 0 Å². The molecule has 1 aliphatic rings. The molecule has 4 nitrogen and oxygen atoms in total. The molecule has 1 aromatic heterocycles. The molecule has 0 aliphatic carbocycles. The van der Waals surface area contributed by atoms with Crippen LogP contribution in [0.4, 0.5) is 5.82 Å². The maximum Gasteiger partial charge on any atom is 0.125 e. The van der Waals surface area contributed by atoms with E-state index in [0.717, 1.165) is 38.5 Å². The minimum atomic E-state index is 0.698. The molecule has 1 saturated heterocycles. The van der Waals surface area contributed by atoms with Crippen molar-refractivity contribution in [1.29, 1.82) is 0 Å². The zero-order valence-corrected chi connectivity index (χ0v) is 12.1. The number of ether oxygens (including phenoxy) is 1. The number of hydrogen-bond donors (Lipinski definition) is 1. The number of methoxy groups -OCH3 is 1. The van der Waals surface area contributed by atoms with Crippen molar-refractivity contribution in [3.63, 3.8) is 0 Å². The first-order valence-electron chi connectivity index (χ1n) is 7.22. The number of likely N-dealkylation sites (tertiary alicyclic amines) is 1. The fraction of sp³-hybridized carbons (Fsp3) is 0.667. The fourth-order valence-corrected chi connectivity index (χ4v) is 2.56. The molecule has 106 valence electrons. The SMILES string of the molecule is CCCNc1ccc(CN2CCC(COC)C2)cn1. The molecule has 1 aromatic rings. The first-order valence-corrected chi connectivity index (χ1v) is 7.22. The van der Waals surface area contributed by atoms with Crippen molar-refractivity contribution in [2.75, 3.05) is 38.7 Å². The highest BCUT2D eigenvalue weighted by atomic mass is 16.5. The van der Waals surface area contributed by atoms with Crippen molar-refractivity contribution in [2.45, 2.75) is 26.3 Å². The van der Waals surface area contributed by atoms with Crippen molar-refractivity contribution < 1.29 is 4.74 Å². The number of anilines is 1. The van der Waals surface area contributed by atoms with E-state index in [-0.39, 0.29) is 0 Å². The summed E-state index contributed by atoms with van der Waals surface area (Å²) >= 11 is 0. The van der Waals surface area contributed by atoms with Crippen LogP contribution >= 0.6 is 0 Å². The van der Waals surface area contributed by atoms with Crippen LogP contribution in [-0.4, -0.2) is 43.2 Å². The number of aromatic nitrogens is 1. The van der Waals surface area contributed by atoms with Gasteiger partial charge < -0.3 is 10.1 Å². The van der Waals surface area contributed by atoms with E-state index in [1.165, 1.54) is 18.5 Å². The summed E-state index contributed by atoms with van der Waals surface area (Å²) in [6, 6.07) is 4.25. The summed E-state index contributed by atoms with van der Waals surface area (Å²) in [6.07, 6.45) is 4.36. The number of rotatable bonds is 7. The number of nitrogens with one attached hydrogen (secondary N) is 1. The normalized spacial score (nSPS) is 19.8. The molecule has 0 spiro atoms. The monoisotopic (exact) mass is 263 g/mol. The molecule has 2 rings (SSSR count). The topological polar surface area (TPSA) is 37.4 Å². The Morgan fingerprint density at radius 2 is 2.37 bits per heavy atom. The molecule has 4 heteroatoms. The van der Waals surface area contributed by atoms with Gasteiger partial charge in [0.25, 0.3) is 0 Å². The number of hydrogen-bond acceptors (Lipinski definition) is 4. The average molecular weight is 263 g/mol. The molecule has 0 bridgehead atoms. The molecule has 0 radical (unpaired) electrons. The fourth-order valence-electron chi connectivity index (χ4n) is 2.56. The Bertz CT molecular complexity index is 366. The van der Waals surface area contributed by atoms with Gasteiger partial charge in [-0.15, -0.1) is 0 Å². The van der Waals surface area contributed by atoms with Crippen LogP contribution in [-0.2, 0) is 11.3 Å². The third kappa shape index (κ3) is 4.48. The van der Waals surface area contributed by atoms with Crippen molar-refractivity contribution >= 4 is 5.82 Å². The maximum atomic E-state index is 5.23. The molecule has 0 aromatic carbocycles. The van der Waals surface area contributed by atoms with Gasteiger partial charge in [-0.1, -0.05) is 13.0 Å². The lowest BCUT2D eigenvalue weighted by atomic mass is 10.1. The van der Waals surface area contributed by atoms with Gasteiger partial charge >= 0.3 is 0 Å². The van der Waals surface area contributed by atoms with Gasteiger partial charge in [-0.25, -0.2) is 4.98 Å². The molecule has 1 fully saturated rings. The van der Waals surface area contributed by atoms with Crippen molar-refractivity contribution in [2.24, 2.45) is 5.92 Å². The summed E-state index contributed by atoms with van der Waals surface area (Å²) in [5.74, 6) is 1.67. The molecule has 0 saturated carbocycles. The highest BCUT2D eigenvalue weighted by Crippen LogP contribution is 2.18. The Balaban J connectivity index is 1.80. The number of pyridine rings is 1. The van der Waals surface area contributed by atoms with Crippen LogP contribution in [0.2, 0.25) is 0 Å². The van der Waals surface area contributed by atoms with E-state index < -0.39 is 0 Å². The highest BCUT2D eigenvalue weighted by Gasteiger charge is 2.22. The second-order valence-electron chi connectivity index (χ2n) is 5.32. The summed E-state index contributed by atoms with van der Waals surface area (Å²) in [4.78, 5) is 6.94. The van der Waals surface area contributed by atoms with Gasteiger partial charge in [0, 0.05) is 32.9 Å². The van der Waals surface area contributed by atoms with Crippen LogP contribution in [0.25, 0.3) is 0 Å². The van der Waals surface area contributed by atoms with Crippen molar-refractivity contribution in [3.05, 3.63) is 23.9 Å². The number of nitrogens with zero attached hydrogens (tertiary/aromatic N) is 2. The summed E-state index contributed by atoms with van der Waals surface area (Å²) in [5.41, 5.74) is 1.29. The lowest BCUT2D eigenvalue weighted by molar-refractivity contribution is 0.152. The standard InChI is InChI=1S/C15H25N3O/c1-3-7-16-15-5-4-13(9-17-15)10-18-8-6-14(11-18)12-19-2/h4-5,9,14H,3,6-8,10-12H2,1-2H3,(H,16,17). The predicted molar refractivity (Wildman–Crippen MR) is 78.3 cm³/mol. The van der Waals surface area contributed by atoms with Gasteiger partial charge in [-0.2, -0.15) is 0 Å². The van der Waals surface area contributed by atoms with Gasteiger partial charge in [0.05, 0.1) is 6.61 Å². The van der Waals surface area contributed by atoms with Crippen molar-refractivity contribution in [3.8, 4) is 0 Å². The van der Waals surface area contributed by atoms with Gasteiger partial charge in [0.1, 0.15) is 5.82 Å². The maximum absolute atomic E-state index is 5.23. The van der Waals surface area contributed by atoms with Crippen LogP contribution in [0, 0.1) is 5.92 Å². The Kier molecular flexibility index (Phi) is 5.61. The quantitative estimate of drug-likeness (QED) is 0.819. The van der Waals surface area contributed by atoms with Crippen LogP contribution in [0.3, 0.4) is 0 Å². The summed E-state index contributed by atoms with van der Waals surface area (Å²) in [5, 5.41) is 3.30. The van der Waals surface area contributed by atoms with E-state index in [1.54, 1.807) is 7.11 Å². The first-order chi connectivity index (χ1) is 9.31. The molecular formula is C15H25N3O. The van der Waals surface area contributed by atoms with Gasteiger partial charge in [0.2, 0.25) is 0 Å². The molecule has 1 N–H and O–H groups in total. The zero-order valence-electron chi connectivity index (χ0n) is 12.1. The van der Waals surface area contributed by atoms with E-state index in [4.69, 9.17) is 4.74 Å². The van der Waals surface area contributed by atoms with E-state index in [1.807, 2.05) is 6.20 Å². The highest BCUT2D eigenvalue weighted by molar-refractivity contribution is 5.35. The second kappa shape index (κ2) is 7.46. The molecule has 19 heavy (non-hydrogen) atoms. The van der Waals surface area contributed by atoms with E-state index in [9.17, 15) is 0 Å². The summed E-state index contributed by atoms with van der Waals surface area (Å²) in [6.45, 7) is 7.34. The van der Waals surface area contributed by atoms with E-state index in [0.29, 0.717) is 5.92 Å². The van der Waals surface area contributed by atoms with Gasteiger partial charge in [-0.3, -0.25) is 4.90 Å². The van der Waals surface area contributed by atoms with Crippen LogP contribution in [0.15, 0.2) is 18.3 Å². The zero-order chi connectivity index (χ0) is 13.5. The lowest BCUT2D eigenvalue weighted by Gasteiger charge is -2.16. The molecular weight excluding hydrogens is 238 g/mol. The van der Waals surface area contributed by atoms with E-state index >= 15 is 0 Å². The molecule has 0 amide bonds. The third-order valence-electron chi connectivity index (χ3n) is 3.56. The molecule has 1 atom stereocenters. The van der Waals surface area contributed by atoms with Crippen LogP contribution in [0.5, 0.6) is 0 Å². The molecule has 1 aliphatic heterocycles. The minimum absolute atomic E-state index is 0.698. The summed E-state index contributed by atoms with van der Waals surface area (Å²) < 4.78 is 5.23. The summed E-state index contributed by atoms with van der Waals surface area (Å²) in [7, 11) is 1.79. The largest absolute Gasteiger partial charge is 0.384 e. The Labute approximate surface area is 116 Å². The Morgan fingerprint density at radius 1 is 1.47 bits per heavy atom. The second-order valence-corrected chi connectivity index (χ2v) is 5.32. The lowest BCUT2D eigenvalue weighted by Crippen LogP contribution is -2.21. The predicted octanol–water partition coefficient (Wildman–Crippen LogP) is 2.37. The Hall–Kier alpha value is -1.13. The van der Waals surface area contributed by atoms with Crippen molar-refractivity contribution in [1.82, 2.24) is 9.88 Å². The smallest absolute Gasteiger partial charge is 0.125 e. The van der Waals surface area contributed by atoms with Crippen LogP contribution < -0.4 is 5.32 Å². The third-order valence-corrected chi connectivity index (χ3v) is 3.56. The first kappa shape index (κ1) is 14.3. The molecule has 1 unspecified atom stereocenters. The van der Waals surface area contributed by atoms with Gasteiger partial charge in [-0.05, 0) is 36.9 Å². The average Bonchev–Trinajstić information content (AvgIpc) is 2.86. The van der Waals surface area contributed by atoms with E-state index in [2.05, 4.69) is 34.3 Å². The molecule has 2 heterocycles. The van der Waals surface area contributed by atoms with Crippen LogP contribution in [0.1, 0.15) is 25.3 Å². The minimum Gasteiger partial charge on any atom is -0.384 e.